The average Bonchev–Trinajstić information content (AvgIpc) is 3.66. The molecule has 3 aliphatic rings. The Labute approximate surface area is 217 Å². The van der Waals surface area contributed by atoms with Gasteiger partial charge in [0.1, 0.15) is 18.4 Å². The van der Waals surface area contributed by atoms with Crippen LogP contribution in [0.2, 0.25) is 0 Å². The Hall–Kier alpha value is -4.79. The van der Waals surface area contributed by atoms with E-state index in [-0.39, 0.29) is 31.7 Å². The summed E-state index contributed by atoms with van der Waals surface area (Å²) in [6.45, 7) is 0.406. The lowest BCUT2D eigenvalue weighted by atomic mass is 9.86. The fourth-order valence-electron chi connectivity index (χ4n) is 6.15. The highest BCUT2D eigenvalue weighted by Gasteiger charge is 2.48. The predicted molar refractivity (Wildman–Crippen MR) is 139 cm³/mol. The molecular formula is C29H23N5O4. The molecule has 1 saturated heterocycles. The van der Waals surface area contributed by atoms with Crippen LogP contribution in [0.15, 0.2) is 66.7 Å². The van der Waals surface area contributed by atoms with Crippen LogP contribution in [0.5, 0.6) is 11.5 Å². The third-order valence-corrected chi connectivity index (χ3v) is 7.83. The predicted octanol–water partition coefficient (Wildman–Crippen LogP) is 3.66. The molecule has 3 aromatic carbocycles. The van der Waals surface area contributed by atoms with E-state index in [9.17, 15) is 9.59 Å². The average molecular weight is 506 g/mol. The summed E-state index contributed by atoms with van der Waals surface area (Å²) in [5, 5.41) is 1.07. The van der Waals surface area contributed by atoms with Gasteiger partial charge in [-0.1, -0.05) is 36.4 Å². The number of hydrogen-bond donors (Lipinski definition) is 2. The van der Waals surface area contributed by atoms with Crippen molar-refractivity contribution in [1.29, 1.82) is 0 Å². The van der Waals surface area contributed by atoms with Crippen LogP contribution >= 0.6 is 0 Å². The summed E-state index contributed by atoms with van der Waals surface area (Å²) in [6.07, 6.45) is 0.446. The first-order chi connectivity index (χ1) is 18.6. The van der Waals surface area contributed by atoms with Crippen LogP contribution in [0.4, 0.5) is 0 Å². The highest BCUT2D eigenvalue weighted by Crippen LogP contribution is 2.45. The van der Waals surface area contributed by atoms with Gasteiger partial charge >= 0.3 is 0 Å². The van der Waals surface area contributed by atoms with Gasteiger partial charge in [-0.15, -0.1) is 0 Å². The Morgan fingerprint density at radius 3 is 2.63 bits per heavy atom. The number of nitrogens with zero attached hydrogens (tertiary/aromatic N) is 3. The number of imidazole rings is 1. The molecule has 5 heterocycles. The second-order valence-corrected chi connectivity index (χ2v) is 9.99. The molecule has 188 valence electrons. The minimum Gasteiger partial charge on any atom is -0.454 e. The summed E-state index contributed by atoms with van der Waals surface area (Å²) in [5.74, 6) is 1.81. The van der Waals surface area contributed by atoms with E-state index in [0.717, 1.165) is 38.8 Å². The molecule has 2 N–H and O–H groups in total. The lowest BCUT2D eigenvalue weighted by Gasteiger charge is -2.47. The Kier molecular flexibility index (Phi) is 4.40. The van der Waals surface area contributed by atoms with Crippen LogP contribution in [-0.4, -0.2) is 55.9 Å². The van der Waals surface area contributed by atoms with Gasteiger partial charge in [-0.2, -0.15) is 0 Å². The van der Waals surface area contributed by atoms with E-state index in [1.807, 2.05) is 60.7 Å². The largest absolute Gasteiger partial charge is 0.454 e. The van der Waals surface area contributed by atoms with Crippen molar-refractivity contribution in [3.63, 3.8) is 0 Å². The monoisotopic (exact) mass is 505 g/mol. The van der Waals surface area contributed by atoms with Crippen molar-refractivity contribution in [3.05, 3.63) is 89.4 Å². The highest BCUT2D eigenvalue weighted by molar-refractivity contribution is 5.97. The maximum absolute atomic E-state index is 14.0. The number of nitrogens with one attached hydrogen (secondary N) is 2. The maximum atomic E-state index is 14.0. The Bertz CT molecular complexity index is 1740. The normalized spacial score (nSPS) is 20.3. The zero-order chi connectivity index (χ0) is 25.4. The fraction of sp³-hybridized carbons (Fsp3) is 0.207. The molecule has 0 radical (unpaired) electrons. The van der Waals surface area contributed by atoms with Gasteiger partial charge in [0.05, 0.1) is 23.6 Å². The Balaban J connectivity index is 1.22. The third kappa shape index (κ3) is 3.08. The first-order valence-corrected chi connectivity index (χ1v) is 12.7. The van der Waals surface area contributed by atoms with E-state index in [1.165, 1.54) is 0 Å². The standard InChI is InChI=1S/C29H23N5O4/c35-26-14-33(13-25-30-20-7-3-4-8-21(20)31-25)29(36)22-12-18-17-5-1-2-6-19(17)32-27(18)28(34(22)26)16-9-10-23-24(11-16)38-15-37-23/h1-11,22,28,32H,12-15H2,(H,30,31)/t22-,28+/m0/s1. The summed E-state index contributed by atoms with van der Waals surface area (Å²) >= 11 is 0. The maximum Gasteiger partial charge on any atom is 0.246 e. The number of piperazine rings is 1. The van der Waals surface area contributed by atoms with Crippen LogP contribution in [0.1, 0.15) is 28.7 Å². The Morgan fingerprint density at radius 1 is 0.921 bits per heavy atom. The number of hydrogen-bond acceptors (Lipinski definition) is 5. The fourth-order valence-corrected chi connectivity index (χ4v) is 6.15. The number of amides is 2. The van der Waals surface area contributed by atoms with Crippen LogP contribution in [0, 0.1) is 0 Å². The summed E-state index contributed by atoms with van der Waals surface area (Å²) in [7, 11) is 0. The molecule has 2 amide bonds. The van der Waals surface area contributed by atoms with E-state index in [2.05, 4.69) is 21.0 Å². The zero-order valence-electron chi connectivity index (χ0n) is 20.3. The molecule has 2 aromatic heterocycles. The van der Waals surface area contributed by atoms with Gasteiger partial charge in [0.15, 0.2) is 11.5 Å². The van der Waals surface area contributed by atoms with E-state index < -0.39 is 12.1 Å². The summed E-state index contributed by atoms with van der Waals surface area (Å²) in [4.78, 5) is 42.7. The third-order valence-electron chi connectivity index (χ3n) is 7.83. The molecule has 38 heavy (non-hydrogen) atoms. The molecule has 9 nitrogen and oxygen atoms in total. The summed E-state index contributed by atoms with van der Waals surface area (Å²) < 4.78 is 11.2. The van der Waals surface area contributed by atoms with E-state index in [4.69, 9.17) is 9.47 Å². The number of benzene rings is 3. The van der Waals surface area contributed by atoms with Crippen LogP contribution < -0.4 is 9.47 Å². The van der Waals surface area contributed by atoms with Gasteiger partial charge in [0.2, 0.25) is 18.6 Å². The van der Waals surface area contributed by atoms with Crippen molar-refractivity contribution in [2.75, 3.05) is 13.3 Å². The molecule has 0 unspecified atom stereocenters. The highest BCUT2D eigenvalue weighted by atomic mass is 16.7. The molecule has 2 atom stereocenters. The minimum atomic E-state index is -0.622. The van der Waals surface area contributed by atoms with Crippen molar-refractivity contribution in [1.82, 2.24) is 24.8 Å². The van der Waals surface area contributed by atoms with Crippen molar-refractivity contribution >= 4 is 33.8 Å². The van der Waals surface area contributed by atoms with Crippen LogP contribution in [0.25, 0.3) is 21.9 Å². The van der Waals surface area contributed by atoms with Gasteiger partial charge in [0, 0.05) is 23.0 Å². The molecule has 0 bridgehead atoms. The minimum absolute atomic E-state index is 0.0109. The Morgan fingerprint density at radius 2 is 1.74 bits per heavy atom. The number of carbonyl (C=O) groups is 2. The van der Waals surface area contributed by atoms with Crippen molar-refractivity contribution in [2.24, 2.45) is 0 Å². The number of aromatic amines is 2. The second kappa shape index (κ2) is 7.85. The molecule has 0 aliphatic carbocycles. The lowest BCUT2D eigenvalue weighted by molar-refractivity contribution is -0.159. The van der Waals surface area contributed by atoms with Gasteiger partial charge in [-0.05, 0) is 41.5 Å². The molecule has 5 aromatic rings. The van der Waals surface area contributed by atoms with Crippen molar-refractivity contribution in [2.45, 2.75) is 25.0 Å². The SMILES string of the molecule is O=C1[C@@H]2Cc3c([nH]c4ccccc34)[C@@H](c3ccc4c(c3)OCO4)N2C(=O)CN1Cc1nc2ccccc2[nH]1. The topological polar surface area (TPSA) is 104 Å². The number of rotatable bonds is 3. The zero-order valence-corrected chi connectivity index (χ0v) is 20.3. The smallest absolute Gasteiger partial charge is 0.246 e. The number of aromatic nitrogens is 3. The second-order valence-electron chi connectivity index (χ2n) is 9.99. The lowest BCUT2D eigenvalue weighted by Crippen LogP contribution is -2.62. The molecular weight excluding hydrogens is 482 g/mol. The first-order valence-electron chi connectivity index (χ1n) is 12.7. The number of carbonyl (C=O) groups excluding carboxylic acids is 2. The van der Waals surface area contributed by atoms with Crippen molar-refractivity contribution < 1.29 is 19.1 Å². The molecule has 0 spiro atoms. The number of fused-ring (bicyclic) bond motifs is 6. The van der Waals surface area contributed by atoms with Gasteiger partial charge < -0.3 is 29.2 Å². The van der Waals surface area contributed by atoms with Gasteiger partial charge in [-0.3, -0.25) is 9.59 Å². The first kappa shape index (κ1) is 21.3. The molecule has 1 fully saturated rings. The molecule has 0 saturated carbocycles. The van der Waals surface area contributed by atoms with E-state index >= 15 is 0 Å². The number of H-pyrrole nitrogens is 2. The van der Waals surface area contributed by atoms with E-state index in [1.54, 1.807) is 9.80 Å². The summed E-state index contributed by atoms with van der Waals surface area (Å²) in [5.41, 5.74) is 5.61. The molecule has 9 heteroatoms. The van der Waals surface area contributed by atoms with Crippen LogP contribution in [0.3, 0.4) is 0 Å². The molecule has 8 rings (SSSR count). The quantitative estimate of drug-likeness (QED) is 0.390. The van der Waals surface area contributed by atoms with Crippen molar-refractivity contribution in [3.8, 4) is 11.5 Å². The van der Waals surface area contributed by atoms with E-state index in [0.29, 0.717) is 23.7 Å². The summed E-state index contributed by atoms with van der Waals surface area (Å²) in [6, 6.07) is 20.5. The van der Waals surface area contributed by atoms with Gasteiger partial charge in [0.25, 0.3) is 0 Å². The number of ether oxygens (including phenoxy) is 2. The number of para-hydroxylation sites is 3. The molecule has 3 aliphatic heterocycles. The van der Waals surface area contributed by atoms with Gasteiger partial charge in [-0.25, -0.2) is 4.98 Å². The van der Waals surface area contributed by atoms with Crippen LogP contribution in [-0.2, 0) is 22.6 Å².